The van der Waals surface area contributed by atoms with Crippen molar-refractivity contribution < 1.29 is 17.8 Å². The fourth-order valence-electron chi connectivity index (χ4n) is 1.74. The van der Waals surface area contributed by atoms with Crippen LogP contribution in [0.4, 0.5) is 17.1 Å². The van der Waals surface area contributed by atoms with Gasteiger partial charge < -0.3 is 5.32 Å². The van der Waals surface area contributed by atoms with Gasteiger partial charge in [0.1, 0.15) is 0 Å². The summed E-state index contributed by atoms with van der Waals surface area (Å²) in [5, 5.41) is 10.8. The van der Waals surface area contributed by atoms with Crippen LogP contribution in [0.3, 0.4) is 0 Å². The first-order valence-corrected chi connectivity index (χ1v) is 9.60. The van der Waals surface area contributed by atoms with Gasteiger partial charge in [-0.05, 0) is 54.8 Å². The van der Waals surface area contributed by atoms with Crippen LogP contribution in [0.2, 0.25) is 0 Å². The molecule has 0 aromatic heterocycles. The molecule has 0 spiro atoms. The quantitative estimate of drug-likeness (QED) is 0.600. The Kier molecular flexibility index (Phi) is 6.07. The maximum Gasteiger partial charge on any atom is 0.294 e. The van der Waals surface area contributed by atoms with Gasteiger partial charge in [0.15, 0.2) is 0 Å². The van der Waals surface area contributed by atoms with Gasteiger partial charge in [-0.3, -0.25) is 9.35 Å². The molecular weight excluding hydrogens is 350 g/mol. The number of rotatable bonds is 6. The summed E-state index contributed by atoms with van der Waals surface area (Å²) in [5.74, 6) is 0.317. The lowest BCUT2D eigenvalue weighted by Crippen LogP contribution is -2.13. The van der Waals surface area contributed by atoms with Crippen LogP contribution in [-0.4, -0.2) is 30.9 Å². The molecular formula is C15H15N3O4S2. The van der Waals surface area contributed by atoms with Crippen LogP contribution in [0, 0.1) is 0 Å². The Morgan fingerprint density at radius 3 is 2.00 bits per heavy atom. The van der Waals surface area contributed by atoms with Crippen molar-refractivity contribution in [2.45, 2.75) is 4.90 Å². The number of carbonyl (C=O) groups is 1. The van der Waals surface area contributed by atoms with Gasteiger partial charge >= 0.3 is 0 Å². The number of benzene rings is 2. The minimum atomic E-state index is -4.21. The highest BCUT2D eigenvalue weighted by molar-refractivity contribution is 7.99. The zero-order chi connectivity index (χ0) is 17.6. The molecule has 2 rings (SSSR count). The average molecular weight is 365 g/mol. The van der Waals surface area contributed by atoms with Gasteiger partial charge in [0, 0.05) is 5.69 Å². The Bertz CT molecular complexity index is 832. The molecule has 126 valence electrons. The fourth-order valence-corrected chi connectivity index (χ4v) is 2.55. The second-order valence-electron chi connectivity index (χ2n) is 4.70. The van der Waals surface area contributed by atoms with E-state index in [1.165, 1.54) is 36.0 Å². The van der Waals surface area contributed by atoms with Crippen molar-refractivity contribution in [1.29, 1.82) is 0 Å². The molecule has 0 radical (unpaired) electrons. The van der Waals surface area contributed by atoms with Crippen molar-refractivity contribution in [3.05, 3.63) is 48.5 Å². The summed E-state index contributed by atoms with van der Waals surface area (Å²) in [5.41, 5.74) is 1.70. The van der Waals surface area contributed by atoms with E-state index in [1.807, 2.05) is 6.26 Å². The van der Waals surface area contributed by atoms with Gasteiger partial charge in [0.25, 0.3) is 10.1 Å². The predicted molar refractivity (Wildman–Crippen MR) is 93.9 cm³/mol. The Labute approximate surface area is 143 Å². The van der Waals surface area contributed by atoms with Crippen molar-refractivity contribution in [1.82, 2.24) is 0 Å². The molecule has 0 saturated carbocycles. The molecule has 0 aliphatic heterocycles. The standard InChI is InChI=1S/C15H15N3O4S2/c1-23-10-15(19)16-11-2-4-12(5-3-11)17-18-13-6-8-14(9-7-13)24(20,21)22/h2-9H,10H2,1H3,(H,16,19)(H,20,21,22). The Balaban J connectivity index is 2.03. The highest BCUT2D eigenvalue weighted by atomic mass is 32.2. The molecule has 1 amide bonds. The van der Waals surface area contributed by atoms with Gasteiger partial charge in [-0.15, -0.1) is 0 Å². The Morgan fingerprint density at radius 2 is 1.54 bits per heavy atom. The molecule has 24 heavy (non-hydrogen) atoms. The monoisotopic (exact) mass is 365 g/mol. The smallest absolute Gasteiger partial charge is 0.294 e. The van der Waals surface area contributed by atoms with Gasteiger partial charge in [-0.2, -0.15) is 30.4 Å². The maximum absolute atomic E-state index is 11.5. The topological polar surface area (TPSA) is 108 Å². The number of nitrogens with zero attached hydrogens (tertiary/aromatic N) is 2. The summed E-state index contributed by atoms with van der Waals surface area (Å²) in [6, 6.07) is 12.2. The third-order valence-corrected chi connectivity index (χ3v) is 4.26. The largest absolute Gasteiger partial charge is 0.325 e. The molecule has 0 aliphatic rings. The first-order valence-electron chi connectivity index (χ1n) is 6.76. The summed E-state index contributed by atoms with van der Waals surface area (Å²) in [4.78, 5) is 11.3. The molecule has 7 nitrogen and oxygen atoms in total. The number of carbonyl (C=O) groups excluding carboxylic acids is 1. The van der Waals surface area contributed by atoms with Gasteiger partial charge in [0.2, 0.25) is 5.91 Å². The van der Waals surface area contributed by atoms with Crippen LogP contribution in [0.15, 0.2) is 63.7 Å². The van der Waals surface area contributed by atoms with Crippen LogP contribution in [-0.2, 0) is 14.9 Å². The first kappa shape index (κ1) is 18.1. The van der Waals surface area contributed by atoms with E-state index in [-0.39, 0.29) is 10.8 Å². The van der Waals surface area contributed by atoms with Gasteiger partial charge in [0.05, 0.1) is 22.0 Å². The van der Waals surface area contributed by atoms with Gasteiger partial charge in [-0.1, -0.05) is 0 Å². The molecule has 0 fully saturated rings. The summed E-state index contributed by atoms with van der Waals surface area (Å²) in [6.45, 7) is 0. The molecule has 0 heterocycles. The molecule has 9 heteroatoms. The maximum atomic E-state index is 11.5. The van der Waals surface area contributed by atoms with Crippen LogP contribution < -0.4 is 5.32 Å². The minimum absolute atomic E-state index is 0.0733. The molecule has 0 saturated heterocycles. The van der Waals surface area contributed by atoms with E-state index in [4.69, 9.17) is 4.55 Å². The number of anilines is 1. The molecule has 0 atom stereocenters. The zero-order valence-corrected chi connectivity index (χ0v) is 14.3. The lowest BCUT2D eigenvalue weighted by Gasteiger charge is -2.03. The first-order chi connectivity index (χ1) is 11.4. The number of hydrogen-bond acceptors (Lipinski definition) is 6. The van der Waals surface area contributed by atoms with E-state index in [9.17, 15) is 13.2 Å². The second-order valence-corrected chi connectivity index (χ2v) is 6.98. The third-order valence-electron chi connectivity index (χ3n) is 2.84. The van der Waals surface area contributed by atoms with Crippen LogP contribution >= 0.6 is 11.8 Å². The SMILES string of the molecule is CSCC(=O)Nc1ccc(N=Nc2ccc(S(=O)(=O)O)cc2)cc1. The number of thioether (sulfide) groups is 1. The summed E-state index contributed by atoms with van der Waals surface area (Å²) in [6.07, 6.45) is 1.85. The molecule has 2 aromatic rings. The summed E-state index contributed by atoms with van der Waals surface area (Å²) in [7, 11) is -4.21. The molecule has 2 aromatic carbocycles. The van der Waals surface area contributed by atoms with Crippen molar-refractivity contribution in [2.75, 3.05) is 17.3 Å². The highest BCUT2D eigenvalue weighted by Crippen LogP contribution is 2.21. The number of azo groups is 1. The Morgan fingerprint density at radius 1 is 1.04 bits per heavy atom. The Hall–Kier alpha value is -2.23. The summed E-state index contributed by atoms with van der Waals surface area (Å²) >= 11 is 1.44. The van der Waals surface area contributed by atoms with E-state index in [1.54, 1.807) is 24.3 Å². The average Bonchev–Trinajstić information content (AvgIpc) is 2.54. The van der Waals surface area contributed by atoms with E-state index in [0.29, 0.717) is 22.8 Å². The van der Waals surface area contributed by atoms with Crippen LogP contribution in [0.5, 0.6) is 0 Å². The normalized spacial score (nSPS) is 11.6. The van der Waals surface area contributed by atoms with E-state index >= 15 is 0 Å². The summed E-state index contributed by atoms with van der Waals surface area (Å²) < 4.78 is 30.8. The molecule has 0 unspecified atom stereocenters. The predicted octanol–water partition coefficient (Wildman–Crippen LogP) is 3.65. The van der Waals surface area contributed by atoms with Gasteiger partial charge in [-0.25, -0.2) is 0 Å². The number of amides is 1. The number of nitrogens with one attached hydrogen (secondary N) is 1. The van der Waals surface area contributed by atoms with E-state index in [2.05, 4.69) is 15.5 Å². The van der Waals surface area contributed by atoms with Crippen LogP contribution in [0.25, 0.3) is 0 Å². The van der Waals surface area contributed by atoms with Crippen LogP contribution in [0.1, 0.15) is 0 Å². The molecule has 0 bridgehead atoms. The van der Waals surface area contributed by atoms with Crippen molar-refractivity contribution >= 4 is 44.8 Å². The molecule has 0 aliphatic carbocycles. The number of hydrogen-bond donors (Lipinski definition) is 2. The van der Waals surface area contributed by atoms with Crippen molar-refractivity contribution in [2.24, 2.45) is 10.2 Å². The lowest BCUT2D eigenvalue weighted by molar-refractivity contribution is -0.113. The fraction of sp³-hybridized carbons (Fsp3) is 0.133. The van der Waals surface area contributed by atoms with Crippen molar-refractivity contribution in [3.8, 4) is 0 Å². The van der Waals surface area contributed by atoms with E-state index < -0.39 is 10.1 Å². The minimum Gasteiger partial charge on any atom is -0.325 e. The highest BCUT2D eigenvalue weighted by Gasteiger charge is 2.08. The second kappa shape index (κ2) is 8.04. The van der Waals surface area contributed by atoms with Crippen molar-refractivity contribution in [3.63, 3.8) is 0 Å². The lowest BCUT2D eigenvalue weighted by atomic mass is 10.3. The third kappa shape index (κ3) is 5.44. The molecule has 2 N–H and O–H groups in total. The zero-order valence-electron chi connectivity index (χ0n) is 12.7. The van der Waals surface area contributed by atoms with E-state index in [0.717, 1.165) is 0 Å².